The number of sulfonamides is 1. The van der Waals surface area contributed by atoms with Gasteiger partial charge in [0.25, 0.3) is 0 Å². The molecule has 1 atom stereocenters. The lowest BCUT2D eigenvalue weighted by Gasteiger charge is -2.24. The van der Waals surface area contributed by atoms with Crippen molar-refractivity contribution >= 4 is 21.6 Å². The fraction of sp³-hybridized carbons (Fsp3) is 0.409. The molecule has 1 aliphatic heterocycles. The zero-order chi connectivity index (χ0) is 20.5. The van der Waals surface area contributed by atoms with Gasteiger partial charge in [0.05, 0.1) is 4.90 Å². The fourth-order valence-electron chi connectivity index (χ4n) is 3.41. The van der Waals surface area contributed by atoms with Crippen LogP contribution in [0.25, 0.3) is 0 Å². The summed E-state index contributed by atoms with van der Waals surface area (Å²) >= 11 is 0. The number of aryl methyl sites for hydroxylation is 1. The summed E-state index contributed by atoms with van der Waals surface area (Å²) in [6.45, 7) is 8.59. The minimum atomic E-state index is -3.72. The molecule has 28 heavy (non-hydrogen) atoms. The van der Waals surface area contributed by atoms with E-state index in [9.17, 15) is 13.2 Å². The molecule has 0 aromatic heterocycles. The van der Waals surface area contributed by atoms with Gasteiger partial charge in [-0.05, 0) is 55.0 Å². The average molecular weight is 401 g/mol. The number of rotatable bonds is 4. The Labute approximate surface area is 167 Å². The number of hydrogen-bond donors (Lipinski definition) is 1. The first-order valence-corrected chi connectivity index (χ1v) is 11.0. The minimum absolute atomic E-state index is 0.0492. The van der Waals surface area contributed by atoms with Gasteiger partial charge in [-0.15, -0.1) is 0 Å². The van der Waals surface area contributed by atoms with E-state index in [1.54, 1.807) is 12.1 Å². The number of carbonyl (C=O) groups excluding carboxylic acids is 1. The molecular formula is C22H28N2O3S. The van der Waals surface area contributed by atoms with Crippen LogP contribution in [0.4, 0.5) is 5.69 Å². The van der Waals surface area contributed by atoms with Crippen molar-refractivity contribution in [3.05, 3.63) is 59.7 Å². The van der Waals surface area contributed by atoms with Crippen LogP contribution in [0.2, 0.25) is 0 Å². The first-order chi connectivity index (χ1) is 13.1. The van der Waals surface area contributed by atoms with Crippen molar-refractivity contribution < 1.29 is 13.2 Å². The van der Waals surface area contributed by atoms with Gasteiger partial charge in [0.15, 0.2) is 0 Å². The zero-order valence-corrected chi connectivity index (χ0v) is 17.7. The number of benzene rings is 2. The van der Waals surface area contributed by atoms with Crippen LogP contribution in [0.1, 0.15) is 44.7 Å². The molecule has 0 radical (unpaired) electrons. The Bertz CT molecular complexity index is 943. The van der Waals surface area contributed by atoms with Gasteiger partial charge in [0.1, 0.15) is 6.04 Å². The summed E-state index contributed by atoms with van der Waals surface area (Å²) < 4.78 is 27.6. The Morgan fingerprint density at radius 3 is 2.21 bits per heavy atom. The van der Waals surface area contributed by atoms with E-state index in [0.29, 0.717) is 25.1 Å². The number of nitrogens with one attached hydrogen (secondary N) is 1. The van der Waals surface area contributed by atoms with Gasteiger partial charge in [-0.1, -0.05) is 50.6 Å². The molecule has 150 valence electrons. The monoisotopic (exact) mass is 400 g/mol. The van der Waals surface area contributed by atoms with E-state index in [1.807, 2.05) is 43.3 Å². The molecule has 0 saturated carbocycles. The zero-order valence-electron chi connectivity index (χ0n) is 16.9. The summed E-state index contributed by atoms with van der Waals surface area (Å²) in [5, 5.41) is 2.85. The van der Waals surface area contributed by atoms with Gasteiger partial charge in [-0.2, -0.15) is 4.31 Å². The van der Waals surface area contributed by atoms with Gasteiger partial charge in [-0.3, -0.25) is 4.79 Å². The molecule has 2 aromatic carbocycles. The van der Waals surface area contributed by atoms with Crippen molar-refractivity contribution in [3.8, 4) is 0 Å². The van der Waals surface area contributed by atoms with Crippen molar-refractivity contribution in [2.24, 2.45) is 0 Å². The van der Waals surface area contributed by atoms with Crippen LogP contribution in [-0.4, -0.2) is 31.2 Å². The van der Waals surface area contributed by atoms with Crippen molar-refractivity contribution in [3.63, 3.8) is 0 Å². The topological polar surface area (TPSA) is 66.5 Å². The van der Waals surface area contributed by atoms with E-state index in [2.05, 4.69) is 26.1 Å². The van der Waals surface area contributed by atoms with Gasteiger partial charge in [0, 0.05) is 12.2 Å². The molecule has 1 aliphatic rings. The molecule has 1 amide bonds. The number of hydrogen-bond acceptors (Lipinski definition) is 3. The van der Waals surface area contributed by atoms with Crippen LogP contribution >= 0.6 is 0 Å². The normalized spacial score (nSPS) is 18.2. The van der Waals surface area contributed by atoms with Crippen LogP contribution in [0.3, 0.4) is 0 Å². The molecule has 0 aliphatic carbocycles. The third-order valence-corrected chi connectivity index (χ3v) is 7.07. The van der Waals surface area contributed by atoms with E-state index in [-0.39, 0.29) is 16.2 Å². The predicted molar refractivity (Wildman–Crippen MR) is 112 cm³/mol. The number of amides is 1. The van der Waals surface area contributed by atoms with Crippen molar-refractivity contribution in [2.75, 3.05) is 11.9 Å². The quantitative estimate of drug-likeness (QED) is 0.841. The van der Waals surface area contributed by atoms with Gasteiger partial charge < -0.3 is 5.32 Å². The second kappa shape index (κ2) is 7.68. The third kappa shape index (κ3) is 4.28. The first-order valence-electron chi connectivity index (χ1n) is 9.59. The van der Waals surface area contributed by atoms with Gasteiger partial charge in [0.2, 0.25) is 15.9 Å². The molecule has 0 bridgehead atoms. The highest BCUT2D eigenvalue weighted by Crippen LogP contribution is 2.29. The van der Waals surface area contributed by atoms with E-state index >= 15 is 0 Å². The smallest absolute Gasteiger partial charge is 0.243 e. The van der Waals surface area contributed by atoms with Crippen LogP contribution in [-0.2, 0) is 20.2 Å². The van der Waals surface area contributed by atoms with Crippen molar-refractivity contribution in [1.82, 2.24) is 4.31 Å². The maximum atomic E-state index is 13.2. The summed E-state index contributed by atoms with van der Waals surface area (Å²) in [4.78, 5) is 13.0. The van der Waals surface area contributed by atoms with Crippen LogP contribution in [0, 0.1) is 6.92 Å². The molecule has 3 rings (SSSR count). The lowest BCUT2D eigenvalue weighted by Crippen LogP contribution is -2.43. The highest BCUT2D eigenvalue weighted by Gasteiger charge is 2.39. The number of anilines is 1. The average Bonchev–Trinajstić information content (AvgIpc) is 3.14. The maximum absolute atomic E-state index is 13.2. The van der Waals surface area contributed by atoms with Gasteiger partial charge >= 0.3 is 0 Å². The summed E-state index contributed by atoms with van der Waals surface area (Å²) in [5.41, 5.74) is 2.80. The molecule has 1 heterocycles. The van der Waals surface area contributed by atoms with E-state index in [1.165, 1.54) is 4.31 Å². The molecule has 5 nitrogen and oxygen atoms in total. The molecule has 1 saturated heterocycles. The highest BCUT2D eigenvalue weighted by atomic mass is 32.2. The predicted octanol–water partition coefficient (Wildman–Crippen LogP) is 4.08. The molecule has 0 unspecified atom stereocenters. The maximum Gasteiger partial charge on any atom is 0.243 e. The third-order valence-electron chi connectivity index (χ3n) is 5.15. The Kier molecular flexibility index (Phi) is 5.64. The number of nitrogens with zero attached hydrogens (tertiary/aromatic N) is 1. The summed E-state index contributed by atoms with van der Waals surface area (Å²) in [6, 6.07) is 13.8. The highest BCUT2D eigenvalue weighted by molar-refractivity contribution is 7.89. The summed E-state index contributed by atoms with van der Waals surface area (Å²) in [7, 11) is -3.72. The number of carbonyl (C=O) groups is 1. The molecule has 6 heteroatoms. The second-order valence-corrected chi connectivity index (χ2v) is 10.3. The molecule has 1 N–H and O–H groups in total. The van der Waals surface area contributed by atoms with Crippen LogP contribution in [0.5, 0.6) is 0 Å². The van der Waals surface area contributed by atoms with E-state index < -0.39 is 16.1 Å². The minimum Gasteiger partial charge on any atom is -0.325 e. The van der Waals surface area contributed by atoms with Crippen LogP contribution < -0.4 is 5.32 Å². The van der Waals surface area contributed by atoms with Crippen LogP contribution in [0.15, 0.2) is 53.4 Å². The Morgan fingerprint density at radius 2 is 1.64 bits per heavy atom. The standard InChI is InChI=1S/C22H28N2O3S/c1-16-7-11-18(12-8-16)23-21(25)20-6-5-15-24(20)28(26,27)19-13-9-17(10-14-19)22(2,3)4/h7-14,20H,5-6,15H2,1-4H3,(H,23,25)/t20-/m0/s1. The lowest BCUT2D eigenvalue weighted by molar-refractivity contribution is -0.119. The lowest BCUT2D eigenvalue weighted by atomic mass is 9.87. The molecule has 0 spiro atoms. The summed E-state index contributed by atoms with van der Waals surface area (Å²) in [5.74, 6) is -0.281. The second-order valence-electron chi connectivity index (χ2n) is 8.40. The SMILES string of the molecule is Cc1ccc(NC(=O)[C@@H]2CCCN2S(=O)(=O)c2ccc(C(C)(C)C)cc2)cc1. The van der Waals surface area contributed by atoms with Crippen molar-refractivity contribution in [2.45, 2.75) is 56.9 Å². The van der Waals surface area contributed by atoms with E-state index in [0.717, 1.165) is 11.1 Å². The van der Waals surface area contributed by atoms with Gasteiger partial charge in [-0.25, -0.2) is 8.42 Å². The molecule has 2 aromatic rings. The first kappa shape index (κ1) is 20.6. The largest absolute Gasteiger partial charge is 0.325 e. The Balaban J connectivity index is 1.80. The Morgan fingerprint density at radius 1 is 1.04 bits per heavy atom. The molecule has 1 fully saturated rings. The van der Waals surface area contributed by atoms with Crippen molar-refractivity contribution in [1.29, 1.82) is 0 Å². The fourth-order valence-corrected chi connectivity index (χ4v) is 5.07. The molecular weight excluding hydrogens is 372 g/mol. The van der Waals surface area contributed by atoms with E-state index in [4.69, 9.17) is 0 Å². The Hall–Kier alpha value is -2.18. The summed E-state index contributed by atoms with van der Waals surface area (Å²) in [6.07, 6.45) is 1.20.